The first-order valence-corrected chi connectivity index (χ1v) is 12.5. The van der Waals surface area contributed by atoms with Gasteiger partial charge in [-0.25, -0.2) is 0 Å². The molecule has 21 heavy (non-hydrogen) atoms. The van der Waals surface area contributed by atoms with Gasteiger partial charge in [-0.2, -0.15) is 0 Å². The molecule has 0 aliphatic heterocycles. The molecule has 0 rings (SSSR count). The molecular weight excluding hydrogens is 378 g/mol. The van der Waals surface area contributed by atoms with Crippen molar-refractivity contribution in [2.24, 2.45) is 0 Å². The number of hydrogen-bond acceptors (Lipinski definition) is 2. The summed E-state index contributed by atoms with van der Waals surface area (Å²) in [6.45, 7) is 3.34. The van der Waals surface area contributed by atoms with E-state index in [2.05, 4.69) is 12.2 Å². The molecule has 0 bridgehead atoms. The zero-order chi connectivity index (χ0) is 15.6. The van der Waals surface area contributed by atoms with Crippen LogP contribution in [0.25, 0.3) is 0 Å². The molecule has 0 saturated carbocycles. The molecule has 0 aliphatic carbocycles. The molecule has 1 N–H and O–H groups in total. The molecule has 0 heterocycles. The SMILES string of the molecule is CCCCCCCCCCCCCCCCNC(=S)[S][Mo]. The van der Waals surface area contributed by atoms with Crippen LogP contribution in [0.3, 0.4) is 0 Å². The van der Waals surface area contributed by atoms with Gasteiger partial charge in [-0.1, -0.05) is 45.4 Å². The third-order valence-electron chi connectivity index (χ3n) is 3.88. The average Bonchev–Trinajstić information content (AvgIpc) is 2.50. The molecule has 0 atom stereocenters. The molecule has 1 nitrogen and oxygen atoms in total. The summed E-state index contributed by atoms with van der Waals surface area (Å²) < 4.78 is 0.939. The first-order chi connectivity index (χ1) is 10.3. The summed E-state index contributed by atoms with van der Waals surface area (Å²) in [5.74, 6) is 0. The second-order valence-electron chi connectivity index (χ2n) is 5.89. The number of nitrogens with one attached hydrogen (secondary N) is 1. The maximum atomic E-state index is 5.11. The maximum absolute atomic E-state index is 5.11. The van der Waals surface area contributed by atoms with E-state index in [-0.39, 0.29) is 0 Å². The first-order valence-electron chi connectivity index (χ1n) is 8.89. The molecular formula is C17H34MoNS2. The number of unbranched alkanes of at least 4 members (excludes halogenated alkanes) is 13. The number of thiocarbonyl (C=S) groups is 1. The molecule has 0 spiro atoms. The van der Waals surface area contributed by atoms with Crippen LogP contribution < -0.4 is 5.32 Å². The van der Waals surface area contributed by atoms with Gasteiger partial charge in [0.25, 0.3) is 0 Å². The van der Waals surface area contributed by atoms with Gasteiger partial charge < -0.3 is 0 Å². The Hall–Kier alpha value is 0.928. The summed E-state index contributed by atoms with van der Waals surface area (Å²) in [7, 11) is 1.64. The van der Waals surface area contributed by atoms with E-state index in [4.69, 9.17) is 12.2 Å². The molecule has 0 aliphatic rings. The summed E-state index contributed by atoms with van der Waals surface area (Å²) in [5.41, 5.74) is 0. The summed E-state index contributed by atoms with van der Waals surface area (Å²) >= 11 is 7.07. The average molecular weight is 413 g/mol. The van der Waals surface area contributed by atoms with E-state index >= 15 is 0 Å². The van der Waals surface area contributed by atoms with Crippen molar-refractivity contribution in [3.8, 4) is 0 Å². The molecule has 0 aromatic rings. The van der Waals surface area contributed by atoms with Crippen LogP contribution in [0, 0.1) is 0 Å². The van der Waals surface area contributed by atoms with E-state index < -0.39 is 0 Å². The van der Waals surface area contributed by atoms with Gasteiger partial charge in [0.05, 0.1) is 0 Å². The predicted molar refractivity (Wildman–Crippen MR) is 98.5 cm³/mol. The Morgan fingerprint density at radius 2 is 1.14 bits per heavy atom. The Balaban J connectivity index is 2.98. The van der Waals surface area contributed by atoms with Crippen LogP contribution in [0.5, 0.6) is 0 Å². The van der Waals surface area contributed by atoms with Crippen LogP contribution in [-0.2, 0) is 18.5 Å². The van der Waals surface area contributed by atoms with E-state index in [1.54, 1.807) is 9.47 Å². The summed E-state index contributed by atoms with van der Waals surface area (Å²) in [5, 5.41) is 3.27. The molecule has 4 heteroatoms. The summed E-state index contributed by atoms with van der Waals surface area (Å²) in [6.07, 6.45) is 19.9. The Bertz CT molecular complexity index is 225. The zero-order valence-electron chi connectivity index (χ0n) is 13.8. The Morgan fingerprint density at radius 1 is 0.762 bits per heavy atom. The van der Waals surface area contributed by atoms with Gasteiger partial charge >= 0.3 is 108 Å². The van der Waals surface area contributed by atoms with E-state index in [9.17, 15) is 0 Å². The van der Waals surface area contributed by atoms with Crippen molar-refractivity contribution in [2.45, 2.75) is 96.8 Å². The van der Waals surface area contributed by atoms with Crippen molar-refractivity contribution >= 4 is 26.0 Å². The van der Waals surface area contributed by atoms with Crippen LogP contribution >= 0.6 is 21.7 Å². The molecule has 0 radical (unpaired) electrons. The van der Waals surface area contributed by atoms with Crippen molar-refractivity contribution in [3.63, 3.8) is 0 Å². The molecule has 0 fully saturated rings. The topological polar surface area (TPSA) is 12.0 Å². The quantitative estimate of drug-likeness (QED) is 0.186. The summed E-state index contributed by atoms with van der Waals surface area (Å²) in [4.78, 5) is 0. The van der Waals surface area contributed by atoms with Gasteiger partial charge in [0.2, 0.25) is 0 Å². The fourth-order valence-electron chi connectivity index (χ4n) is 2.54. The van der Waals surface area contributed by atoms with Crippen LogP contribution in [0.2, 0.25) is 0 Å². The molecule has 0 saturated heterocycles. The van der Waals surface area contributed by atoms with E-state index in [1.165, 1.54) is 89.9 Å². The summed E-state index contributed by atoms with van der Waals surface area (Å²) in [6, 6.07) is 0. The van der Waals surface area contributed by atoms with Crippen LogP contribution in [0.1, 0.15) is 96.8 Å². The monoisotopic (exact) mass is 414 g/mol. The van der Waals surface area contributed by atoms with Gasteiger partial charge in [0, 0.05) is 0 Å². The minimum absolute atomic E-state index is 0.939. The number of hydrogen-bond donors (Lipinski definition) is 1. The predicted octanol–water partition coefficient (Wildman–Crippen LogP) is 6.54. The third-order valence-corrected chi connectivity index (χ3v) is 6.64. The fraction of sp³-hybridized carbons (Fsp3) is 0.941. The van der Waals surface area contributed by atoms with E-state index in [0.717, 1.165) is 10.9 Å². The van der Waals surface area contributed by atoms with Crippen molar-refractivity contribution in [3.05, 3.63) is 0 Å². The minimum atomic E-state index is 0.939. The third kappa shape index (κ3) is 18.9. The van der Waals surface area contributed by atoms with Crippen LogP contribution in [-0.4, -0.2) is 10.9 Å². The zero-order valence-corrected chi connectivity index (χ0v) is 17.5. The van der Waals surface area contributed by atoms with Gasteiger partial charge in [-0.15, -0.1) is 0 Å². The molecule has 0 aromatic carbocycles. The van der Waals surface area contributed by atoms with Crippen molar-refractivity contribution in [1.29, 1.82) is 0 Å². The first kappa shape index (κ1) is 21.9. The second-order valence-corrected chi connectivity index (χ2v) is 8.36. The van der Waals surface area contributed by atoms with Crippen LogP contribution in [0.15, 0.2) is 0 Å². The van der Waals surface area contributed by atoms with Crippen LogP contribution in [0.4, 0.5) is 0 Å². The normalized spacial score (nSPS) is 10.7. The van der Waals surface area contributed by atoms with Gasteiger partial charge in [0.15, 0.2) is 0 Å². The van der Waals surface area contributed by atoms with Crippen molar-refractivity contribution < 1.29 is 18.5 Å². The molecule has 125 valence electrons. The van der Waals surface area contributed by atoms with Gasteiger partial charge in [0.1, 0.15) is 0 Å². The molecule has 0 amide bonds. The van der Waals surface area contributed by atoms with Crippen molar-refractivity contribution in [1.82, 2.24) is 5.32 Å². The molecule has 0 unspecified atom stereocenters. The Labute approximate surface area is 152 Å². The van der Waals surface area contributed by atoms with E-state index in [1.807, 2.05) is 18.5 Å². The fourth-order valence-corrected chi connectivity index (χ4v) is 3.24. The Morgan fingerprint density at radius 3 is 1.52 bits per heavy atom. The van der Waals surface area contributed by atoms with Crippen molar-refractivity contribution in [2.75, 3.05) is 6.54 Å². The second kappa shape index (κ2) is 19.0. The van der Waals surface area contributed by atoms with E-state index in [0.29, 0.717) is 0 Å². The Kier molecular flexibility index (Phi) is 19.8. The molecule has 0 aromatic heterocycles. The number of rotatable bonds is 15. The standard InChI is InChI=1S/C17H35NS2.Mo/c1-2-3-4-5-6-7-8-9-10-11-12-13-14-15-16-18-17(19)20;/h2-16H2,1H3,(H2,18,19,20);/q;+1/p-1. The van der Waals surface area contributed by atoms with Gasteiger partial charge in [-0.05, 0) is 0 Å². The van der Waals surface area contributed by atoms with Gasteiger partial charge in [-0.3, -0.25) is 0 Å².